The van der Waals surface area contributed by atoms with Crippen molar-refractivity contribution in [1.29, 1.82) is 0 Å². The molecule has 0 radical (unpaired) electrons. The first-order valence-corrected chi connectivity index (χ1v) is 15.0. The molecule has 0 unspecified atom stereocenters. The Morgan fingerprint density at radius 2 is 0.913 bits per heavy atom. The predicted molar refractivity (Wildman–Crippen MR) is 185 cm³/mol. The van der Waals surface area contributed by atoms with Gasteiger partial charge >= 0.3 is 20.1 Å². The third-order valence-electron chi connectivity index (χ3n) is 7.02. The van der Waals surface area contributed by atoms with E-state index in [4.69, 9.17) is 0 Å². The number of carbonyl (C=O) groups excluding carboxylic acids is 2. The molecule has 2 aromatic heterocycles. The molecule has 0 fully saturated rings. The molecule has 5 heteroatoms. The van der Waals surface area contributed by atoms with Gasteiger partial charge in [0, 0.05) is 24.0 Å². The number of hydrogen-bond donors (Lipinski definition) is 0. The second-order valence-electron chi connectivity index (χ2n) is 12.7. The van der Waals surface area contributed by atoms with Crippen LogP contribution in [0.3, 0.4) is 0 Å². The maximum absolute atomic E-state index is 11.4. The van der Waals surface area contributed by atoms with Crippen LogP contribution in [-0.2, 0) is 29.7 Å². The van der Waals surface area contributed by atoms with Crippen LogP contribution in [0.2, 0.25) is 0 Å². The van der Waals surface area contributed by atoms with Crippen molar-refractivity contribution in [2.45, 2.75) is 41.5 Å². The summed E-state index contributed by atoms with van der Waals surface area (Å²) in [5, 5.41) is 4.77. The van der Waals surface area contributed by atoms with Gasteiger partial charge in [0.05, 0.1) is 0 Å². The predicted octanol–water partition coefficient (Wildman–Crippen LogP) is 9.82. The molecular weight excluding hydrogens is 745 g/mol. The standard InChI is InChI=1S/2C15H10N.C11H19O2.Ir/c2*1-2-7-13(8-3-1)15-14-9-5-4-6-12(14)10-11-16-15;1-10(2,3)8(12)7-9(13)11(4,5)6;/h2*1-7,9-11H;7H,1-6H3;/q3*-1;+3. The topological polar surface area (TPSA) is 59.9 Å². The summed E-state index contributed by atoms with van der Waals surface area (Å²) in [6.07, 6.45) is 4.91. The normalized spacial score (nSPS) is 10.8. The molecular formula is C41H39IrN2O2. The van der Waals surface area contributed by atoms with Crippen LogP contribution in [-0.4, -0.2) is 21.5 Å². The maximum atomic E-state index is 11.4. The average Bonchev–Trinajstić information content (AvgIpc) is 3.05. The zero-order chi connectivity index (χ0) is 32.5. The summed E-state index contributed by atoms with van der Waals surface area (Å²) in [4.78, 5) is 31.8. The number of fused-ring (bicyclic) bond motifs is 2. The summed E-state index contributed by atoms with van der Waals surface area (Å²) in [6.45, 7) is 10.8. The van der Waals surface area contributed by atoms with E-state index in [0.29, 0.717) is 0 Å². The quantitative estimate of drug-likeness (QED) is 0.132. The van der Waals surface area contributed by atoms with E-state index >= 15 is 0 Å². The molecule has 4 aromatic carbocycles. The van der Waals surface area contributed by atoms with Crippen LogP contribution in [0.4, 0.5) is 0 Å². The summed E-state index contributed by atoms with van der Waals surface area (Å²) in [5.41, 5.74) is 3.16. The van der Waals surface area contributed by atoms with Crippen molar-refractivity contribution in [1.82, 2.24) is 9.97 Å². The largest absolute Gasteiger partial charge is 3.00 e. The number of ketones is 2. The molecule has 0 aliphatic carbocycles. The SMILES string of the molecule is CC(C)(C)C(=O)[CH-]C(=O)C(C)(C)C.[Ir+3].[c-]1ccccc1-c1nccc2ccccc12.[c-]1ccccc1-c1nccc2ccccc12. The molecule has 2 heterocycles. The molecule has 0 N–H and O–H groups in total. The van der Waals surface area contributed by atoms with Crippen molar-refractivity contribution >= 4 is 33.1 Å². The fourth-order valence-corrected chi connectivity index (χ4v) is 4.30. The molecule has 234 valence electrons. The molecule has 6 aromatic rings. The van der Waals surface area contributed by atoms with E-state index in [1.807, 2.05) is 139 Å². The molecule has 0 spiro atoms. The number of nitrogens with zero attached hydrogens (tertiary/aromatic N) is 2. The molecule has 0 saturated carbocycles. The minimum absolute atomic E-state index is 0. The van der Waals surface area contributed by atoms with Crippen LogP contribution in [0, 0.1) is 29.4 Å². The first-order chi connectivity index (χ1) is 21.4. The minimum Gasteiger partial charge on any atom is -0.333 e. The van der Waals surface area contributed by atoms with Gasteiger partial charge in [-0.25, -0.2) is 0 Å². The molecule has 0 saturated heterocycles. The molecule has 0 aliphatic heterocycles. The Kier molecular flexibility index (Phi) is 12.7. The van der Waals surface area contributed by atoms with Crippen molar-refractivity contribution in [3.05, 3.63) is 140 Å². The van der Waals surface area contributed by atoms with Gasteiger partial charge in [0.1, 0.15) is 0 Å². The van der Waals surface area contributed by atoms with Gasteiger partial charge in [-0.05, 0) is 55.9 Å². The molecule has 6 rings (SSSR count). The van der Waals surface area contributed by atoms with E-state index in [-0.39, 0.29) is 31.7 Å². The van der Waals surface area contributed by atoms with Crippen LogP contribution in [0.15, 0.2) is 122 Å². The van der Waals surface area contributed by atoms with Crippen molar-refractivity contribution in [3.63, 3.8) is 0 Å². The summed E-state index contributed by atoms with van der Waals surface area (Å²) >= 11 is 0. The maximum Gasteiger partial charge on any atom is 3.00 e. The zero-order valence-corrected chi connectivity index (χ0v) is 29.6. The van der Waals surface area contributed by atoms with Crippen molar-refractivity contribution < 1.29 is 29.7 Å². The number of carbonyl (C=O) groups is 2. The van der Waals surface area contributed by atoms with Crippen molar-refractivity contribution in [2.75, 3.05) is 0 Å². The van der Waals surface area contributed by atoms with E-state index in [9.17, 15) is 9.59 Å². The van der Waals surface area contributed by atoms with Crippen molar-refractivity contribution in [2.24, 2.45) is 10.8 Å². The van der Waals surface area contributed by atoms with Gasteiger partial charge in [-0.15, -0.1) is 71.8 Å². The van der Waals surface area contributed by atoms with E-state index in [1.165, 1.54) is 28.0 Å². The van der Waals surface area contributed by atoms with Gasteiger partial charge in [0.2, 0.25) is 0 Å². The first kappa shape index (κ1) is 36.0. The van der Waals surface area contributed by atoms with E-state index in [1.54, 1.807) is 0 Å². The number of hydrogen-bond acceptors (Lipinski definition) is 4. The molecule has 0 aliphatic rings. The van der Waals surface area contributed by atoms with E-state index in [0.717, 1.165) is 22.5 Å². The summed E-state index contributed by atoms with van der Waals surface area (Å²) < 4.78 is 0. The van der Waals surface area contributed by atoms with E-state index in [2.05, 4.69) is 46.4 Å². The summed E-state index contributed by atoms with van der Waals surface area (Å²) in [5.74, 6) is -0.208. The molecule has 0 atom stereocenters. The number of aromatic nitrogens is 2. The molecule has 4 nitrogen and oxygen atoms in total. The average molecular weight is 784 g/mol. The van der Waals surface area contributed by atoms with Crippen molar-refractivity contribution in [3.8, 4) is 22.5 Å². The summed E-state index contributed by atoms with van der Waals surface area (Å²) in [6, 6.07) is 42.9. The molecule has 0 bridgehead atoms. The summed E-state index contributed by atoms with van der Waals surface area (Å²) in [7, 11) is 0. The Morgan fingerprint density at radius 1 is 0.543 bits per heavy atom. The van der Waals surface area contributed by atoms with Crippen LogP contribution < -0.4 is 0 Å². The Bertz CT molecular complexity index is 1720. The van der Waals surface area contributed by atoms with Gasteiger partial charge in [-0.1, -0.05) is 90.1 Å². The van der Waals surface area contributed by atoms with Crippen LogP contribution in [0.25, 0.3) is 44.1 Å². The van der Waals surface area contributed by atoms with Gasteiger partial charge in [-0.2, -0.15) is 0 Å². The second-order valence-corrected chi connectivity index (χ2v) is 12.7. The number of benzene rings is 4. The Morgan fingerprint density at radius 3 is 1.26 bits per heavy atom. The van der Waals surface area contributed by atoms with Gasteiger partial charge < -0.3 is 19.6 Å². The fraction of sp³-hybridized carbons (Fsp3) is 0.195. The van der Waals surface area contributed by atoms with Gasteiger partial charge in [-0.3, -0.25) is 6.42 Å². The number of pyridine rings is 2. The van der Waals surface area contributed by atoms with Crippen LogP contribution in [0.5, 0.6) is 0 Å². The van der Waals surface area contributed by atoms with Crippen LogP contribution >= 0.6 is 0 Å². The fourth-order valence-electron chi connectivity index (χ4n) is 4.30. The number of rotatable bonds is 4. The second kappa shape index (κ2) is 16.2. The van der Waals surface area contributed by atoms with E-state index < -0.39 is 10.8 Å². The smallest absolute Gasteiger partial charge is 0.333 e. The van der Waals surface area contributed by atoms with Crippen LogP contribution in [0.1, 0.15) is 41.5 Å². The number of Topliss-reactive ketones (excluding diaryl/α,β-unsaturated/α-hetero) is 2. The molecule has 46 heavy (non-hydrogen) atoms. The van der Waals surface area contributed by atoms with Gasteiger partial charge in [0.25, 0.3) is 0 Å². The Balaban J connectivity index is 0.000000188. The minimum atomic E-state index is -0.457. The third kappa shape index (κ3) is 9.78. The van der Waals surface area contributed by atoms with Gasteiger partial charge in [0.15, 0.2) is 0 Å². The Hall–Kier alpha value is -4.44. The Labute approximate surface area is 286 Å². The third-order valence-corrected chi connectivity index (χ3v) is 7.02. The molecule has 0 amide bonds. The monoisotopic (exact) mass is 784 g/mol. The first-order valence-electron chi connectivity index (χ1n) is 15.0. The zero-order valence-electron chi connectivity index (χ0n) is 27.2.